The Bertz CT molecular complexity index is 208. The fraction of sp³-hybridized carbons (Fsp3) is 0.278. The van der Waals surface area contributed by atoms with Gasteiger partial charge in [0, 0.05) is 7.11 Å². The molecule has 0 heterocycles. The molecule has 3 aliphatic carbocycles. The van der Waals surface area contributed by atoms with E-state index >= 15 is 0 Å². The minimum Gasteiger partial charge on any atom is -0.510 e. The Hall–Kier alpha value is 0.383. The fourth-order valence-electron chi connectivity index (χ4n) is 1.71. The first kappa shape index (κ1) is 23.6. The van der Waals surface area contributed by atoms with Gasteiger partial charge in [-0.05, 0) is 89.5 Å². The Morgan fingerprint density at radius 2 is 1.29 bits per heavy atom. The van der Waals surface area contributed by atoms with E-state index in [2.05, 4.69) is 0 Å². The van der Waals surface area contributed by atoms with Crippen molar-refractivity contribution in [3.05, 3.63) is 83.5 Å². The van der Waals surface area contributed by atoms with Crippen molar-refractivity contribution in [1.82, 2.24) is 0 Å². The molecule has 3 aliphatic rings. The van der Waals surface area contributed by atoms with E-state index in [9.17, 15) is 0 Å². The van der Waals surface area contributed by atoms with Gasteiger partial charge in [0.25, 0.3) is 0 Å². The van der Waals surface area contributed by atoms with E-state index in [1.165, 1.54) is 0 Å². The van der Waals surface area contributed by atoms with Crippen LogP contribution < -0.4 is 0 Å². The third-order valence-corrected chi connectivity index (χ3v) is 2.75. The number of aliphatic hydroxyl groups is 1. The summed E-state index contributed by atoms with van der Waals surface area (Å²) in [6.07, 6.45) is 24.9. The quantitative estimate of drug-likeness (QED) is 0.709. The Morgan fingerprint density at radius 1 is 0.905 bits per heavy atom. The van der Waals surface area contributed by atoms with Gasteiger partial charge in [-0.1, -0.05) is 0 Å². The first-order valence-corrected chi connectivity index (χ1v) is 6.59. The van der Waals surface area contributed by atoms with Gasteiger partial charge < -0.3 is 17.3 Å². The van der Waals surface area contributed by atoms with Crippen LogP contribution in [0, 0.1) is 71.6 Å². The number of methoxy groups -OCH3 is 1. The first-order chi connectivity index (χ1) is 9.34. The molecule has 0 aromatic carbocycles. The van der Waals surface area contributed by atoms with Gasteiger partial charge in [-0.15, -0.1) is 0 Å². The molecule has 0 aromatic heterocycles. The molecule has 1 atom stereocenters. The minimum absolute atomic E-state index is 0. The molecule has 1 N–H and O–H groups in total. The third-order valence-electron chi connectivity index (χ3n) is 2.75. The molecule has 2 fully saturated rings. The van der Waals surface area contributed by atoms with Gasteiger partial charge in [0.1, 0.15) is 11.9 Å². The summed E-state index contributed by atoms with van der Waals surface area (Å²) >= 11 is 0. The second-order valence-electron chi connectivity index (χ2n) is 4.21. The van der Waals surface area contributed by atoms with Crippen LogP contribution in [-0.4, -0.2) is 18.3 Å². The Morgan fingerprint density at radius 3 is 1.52 bits per heavy atom. The van der Waals surface area contributed by atoms with Crippen molar-refractivity contribution < 1.29 is 36.0 Å². The van der Waals surface area contributed by atoms with E-state index in [1.807, 2.05) is 70.3 Å². The summed E-state index contributed by atoms with van der Waals surface area (Å²) < 4.78 is 4.99. The molecular formula is C18H25O2Zr+2. The molecule has 111 valence electrons. The van der Waals surface area contributed by atoms with Crippen molar-refractivity contribution in [2.45, 2.75) is 25.4 Å². The van der Waals surface area contributed by atoms with Crippen molar-refractivity contribution in [3.8, 4) is 0 Å². The molecule has 0 spiro atoms. The normalized spacial score (nSPS) is 23.3. The van der Waals surface area contributed by atoms with E-state index < -0.39 is 0 Å². The van der Waals surface area contributed by atoms with Crippen LogP contribution in [0.2, 0.25) is 0 Å². The zero-order valence-corrected chi connectivity index (χ0v) is 15.4. The standard InChI is InChI=1S/C7H12O2.2C5H5.CH3.Zr/c1-9-7-5-3-2-4-6(7)8;2*1-2-4-5-3-1;;/h4,7-8H,2-3,5H2,1H3;2*1-5H;1H3;/q;;;-1;+3/t7-;;;;/m0..../s1. The smallest absolute Gasteiger partial charge is 0.510 e. The molecule has 2 saturated carbocycles. The van der Waals surface area contributed by atoms with E-state index in [-0.39, 0.29) is 39.7 Å². The monoisotopic (exact) mass is 363 g/mol. The topological polar surface area (TPSA) is 29.5 Å². The maximum atomic E-state index is 9.11. The molecule has 3 rings (SSSR count). The molecule has 3 heteroatoms. The molecular weight excluding hydrogens is 339 g/mol. The first-order valence-electron chi connectivity index (χ1n) is 6.59. The van der Waals surface area contributed by atoms with E-state index in [4.69, 9.17) is 9.84 Å². The van der Waals surface area contributed by atoms with Crippen LogP contribution in [0.1, 0.15) is 19.3 Å². The summed E-state index contributed by atoms with van der Waals surface area (Å²) in [6.45, 7) is 0. The van der Waals surface area contributed by atoms with Crippen LogP contribution in [-0.2, 0) is 30.9 Å². The van der Waals surface area contributed by atoms with Crippen LogP contribution in [0.15, 0.2) is 11.8 Å². The van der Waals surface area contributed by atoms with Crippen LogP contribution in [0.3, 0.4) is 0 Å². The molecule has 2 nitrogen and oxygen atoms in total. The van der Waals surface area contributed by atoms with Crippen molar-refractivity contribution in [2.24, 2.45) is 0 Å². The van der Waals surface area contributed by atoms with Gasteiger partial charge in [0.15, 0.2) is 0 Å². The second-order valence-corrected chi connectivity index (χ2v) is 4.21. The SMILES string of the molecule is CO[C@H]1CCCC=C1O.[CH3-].[CH]1[CH][CH][CH][CH]1.[CH]1[CH][CH][CH][CH]1.[Zr+3]. The molecule has 21 heavy (non-hydrogen) atoms. The number of hydrogen-bond donors (Lipinski definition) is 1. The Kier molecular flexibility index (Phi) is 18.9. The average molecular weight is 365 g/mol. The van der Waals surface area contributed by atoms with E-state index in [0.29, 0.717) is 5.76 Å². The summed E-state index contributed by atoms with van der Waals surface area (Å²) in [4.78, 5) is 0. The summed E-state index contributed by atoms with van der Waals surface area (Å²) in [6, 6.07) is 0. The van der Waals surface area contributed by atoms with Gasteiger partial charge in [-0.3, -0.25) is 0 Å². The molecule has 0 amide bonds. The summed E-state index contributed by atoms with van der Waals surface area (Å²) in [5.41, 5.74) is 0. The Labute approximate surface area is 151 Å². The summed E-state index contributed by atoms with van der Waals surface area (Å²) in [5.74, 6) is 0.406. The maximum absolute atomic E-state index is 9.11. The van der Waals surface area contributed by atoms with Gasteiger partial charge in [0.2, 0.25) is 0 Å². The van der Waals surface area contributed by atoms with Crippen LogP contribution >= 0.6 is 0 Å². The summed E-state index contributed by atoms with van der Waals surface area (Å²) in [5, 5.41) is 9.11. The van der Waals surface area contributed by atoms with Gasteiger partial charge in [-0.2, -0.15) is 0 Å². The number of allylic oxidation sites excluding steroid dienone is 1. The largest absolute Gasteiger partial charge is 3.00 e. The Balaban J connectivity index is 0. The predicted molar refractivity (Wildman–Crippen MR) is 84.8 cm³/mol. The van der Waals surface area contributed by atoms with E-state index in [0.717, 1.165) is 19.3 Å². The maximum Gasteiger partial charge on any atom is 3.00 e. The number of hydrogen-bond acceptors (Lipinski definition) is 2. The van der Waals surface area contributed by atoms with Crippen molar-refractivity contribution in [3.63, 3.8) is 0 Å². The summed E-state index contributed by atoms with van der Waals surface area (Å²) in [7, 11) is 1.63. The van der Waals surface area contributed by atoms with Crippen molar-refractivity contribution >= 4 is 0 Å². The van der Waals surface area contributed by atoms with Crippen LogP contribution in [0.4, 0.5) is 0 Å². The molecule has 0 bridgehead atoms. The fourth-order valence-corrected chi connectivity index (χ4v) is 1.71. The number of aliphatic hydroxyl groups excluding tert-OH is 1. The van der Waals surface area contributed by atoms with Gasteiger partial charge >= 0.3 is 26.2 Å². The van der Waals surface area contributed by atoms with Gasteiger partial charge in [-0.25, -0.2) is 0 Å². The number of ether oxygens (including phenoxy) is 1. The third kappa shape index (κ3) is 12.6. The zero-order chi connectivity index (χ0) is 13.8. The van der Waals surface area contributed by atoms with Crippen molar-refractivity contribution in [2.75, 3.05) is 7.11 Å². The van der Waals surface area contributed by atoms with E-state index in [1.54, 1.807) is 7.11 Å². The minimum atomic E-state index is -0.0289. The van der Waals surface area contributed by atoms with Gasteiger partial charge in [0.05, 0.1) is 0 Å². The second kappa shape index (κ2) is 16.7. The van der Waals surface area contributed by atoms with Crippen molar-refractivity contribution in [1.29, 1.82) is 0 Å². The zero-order valence-electron chi connectivity index (χ0n) is 12.9. The molecule has 0 aromatic rings. The molecule has 0 saturated heterocycles. The predicted octanol–water partition coefficient (Wildman–Crippen LogP) is 4.12. The molecule has 0 aliphatic heterocycles. The average Bonchev–Trinajstić information content (AvgIpc) is 3.17. The van der Waals surface area contributed by atoms with Crippen LogP contribution in [0.5, 0.6) is 0 Å². The van der Waals surface area contributed by atoms with Crippen LogP contribution in [0.25, 0.3) is 0 Å². The number of rotatable bonds is 1. The molecule has 11 radical (unpaired) electrons. The molecule has 0 unspecified atom stereocenters.